The van der Waals surface area contributed by atoms with Crippen molar-refractivity contribution >= 4 is 28.6 Å². The number of carbonyl (C=O) groups is 2. The first-order chi connectivity index (χ1) is 7.65. The molecule has 0 aromatic heterocycles. The second-order valence-corrected chi connectivity index (χ2v) is 4.66. The summed E-state index contributed by atoms with van der Waals surface area (Å²) in [4.78, 5) is 24.7. The molecule has 1 aromatic carbocycles. The average molecular weight is 237 g/mol. The van der Waals surface area contributed by atoms with Crippen molar-refractivity contribution in [2.45, 2.75) is 12.2 Å². The normalized spacial score (nSPS) is 20.4. The predicted octanol–water partition coefficient (Wildman–Crippen LogP) is 2.28. The number of para-hydroxylation sites is 2. The molecular weight excluding hydrogens is 226 g/mol. The van der Waals surface area contributed by atoms with E-state index < -0.39 is 0 Å². The lowest BCUT2D eigenvalue weighted by atomic mass is 10.2. The number of hydrogen-bond donors (Lipinski definition) is 0. The third-order valence-electron chi connectivity index (χ3n) is 2.35. The Labute approximate surface area is 97.6 Å². The van der Waals surface area contributed by atoms with Gasteiger partial charge in [0.2, 0.25) is 5.91 Å². The highest BCUT2D eigenvalue weighted by Crippen LogP contribution is 2.36. The van der Waals surface area contributed by atoms with Crippen molar-refractivity contribution in [3.63, 3.8) is 0 Å². The van der Waals surface area contributed by atoms with Crippen LogP contribution in [0.3, 0.4) is 0 Å². The molecule has 5 heteroatoms. The zero-order chi connectivity index (χ0) is 11.7. The molecule has 1 atom stereocenters. The van der Waals surface area contributed by atoms with Gasteiger partial charge in [0.15, 0.2) is 0 Å². The average Bonchev–Trinajstić information content (AvgIpc) is 2.53. The SMILES string of the molecule is COc1ccccc1N1C(=O)SC(C)C1=O. The van der Waals surface area contributed by atoms with Crippen LogP contribution in [0.4, 0.5) is 10.5 Å². The summed E-state index contributed by atoms with van der Waals surface area (Å²) >= 11 is 1.03. The Morgan fingerprint density at radius 2 is 2.00 bits per heavy atom. The monoisotopic (exact) mass is 237 g/mol. The third-order valence-corrected chi connectivity index (χ3v) is 3.29. The van der Waals surface area contributed by atoms with E-state index in [1.165, 1.54) is 12.0 Å². The molecule has 1 aliphatic rings. The number of anilines is 1. The number of benzene rings is 1. The molecule has 1 heterocycles. The van der Waals surface area contributed by atoms with E-state index in [9.17, 15) is 9.59 Å². The van der Waals surface area contributed by atoms with E-state index in [1.807, 2.05) is 0 Å². The van der Waals surface area contributed by atoms with Crippen LogP contribution in [0, 0.1) is 0 Å². The molecule has 1 saturated heterocycles. The summed E-state index contributed by atoms with van der Waals surface area (Å²) in [6.07, 6.45) is 0. The zero-order valence-electron chi connectivity index (χ0n) is 8.97. The van der Waals surface area contributed by atoms with Crippen molar-refractivity contribution in [1.29, 1.82) is 0 Å². The minimum atomic E-state index is -0.322. The predicted molar refractivity (Wildman–Crippen MR) is 62.9 cm³/mol. The van der Waals surface area contributed by atoms with Gasteiger partial charge in [0.05, 0.1) is 18.0 Å². The van der Waals surface area contributed by atoms with Gasteiger partial charge in [0.25, 0.3) is 5.24 Å². The Morgan fingerprint density at radius 1 is 1.31 bits per heavy atom. The molecule has 1 aromatic rings. The first-order valence-corrected chi connectivity index (χ1v) is 5.70. The number of carbonyl (C=O) groups excluding carboxylic acids is 2. The zero-order valence-corrected chi connectivity index (χ0v) is 9.78. The van der Waals surface area contributed by atoms with Crippen molar-refractivity contribution in [1.82, 2.24) is 0 Å². The minimum Gasteiger partial charge on any atom is -0.495 e. The van der Waals surface area contributed by atoms with Gasteiger partial charge in [0.1, 0.15) is 5.75 Å². The summed E-state index contributed by atoms with van der Waals surface area (Å²) in [5, 5.41) is -0.570. The Balaban J connectivity index is 2.44. The minimum absolute atomic E-state index is 0.195. The van der Waals surface area contributed by atoms with Crippen LogP contribution in [-0.4, -0.2) is 23.5 Å². The molecule has 4 nitrogen and oxygen atoms in total. The summed E-state index contributed by atoms with van der Waals surface area (Å²) < 4.78 is 5.13. The Bertz CT molecular complexity index is 447. The lowest BCUT2D eigenvalue weighted by Gasteiger charge is -2.16. The lowest BCUT2D eigenvalue weighted by molar-refractivity contribution is -0.116. The van der Waals surface area contributed by atoms with Gasteiger partial charge in [-0.05, 0) is 19.1 Å². The fraction of sp³-hybridized carbons (Fsp3) is 0.273. The standard InChI is InChI=1S/C11H11NO3S/c1-7-10(13)12(11(14)16-7)8-5-3-4-6-9(8)15-2/h3-7H,1-2H3. The maximum atomic E-state index is 11.8. The molecule has 0 spiro atoms. The number of imide groups is 1. The van der Waals surface area contributed by atoms with E-state index in [0.29, 0.717) is 11.4 Å². The number of nitrogens with zero attached hydrogens (tertiary/aromatic N) is 1. The maximum Gasteiger partial charge on any atom is 0.293 e. The van der Waals surface area contributed by atoms with Crippen LogP contribution in [0.2, 0.25) is 0 Å². The van der Waals surface area contributed by atoms with Gasteiger partial charge < -0.3 is 4.74 Å². The molecule has 0 aliphatic carbocycles. The van der Waals surface area contributed by atoms with Crippen molar-refractivity contribution in [3.05, 3.63) is 24.3 Å². The van der Waals surface area contributed by atoms with E-state index in [2.05, 4.69) is 0 Å². The molecule has 2 amide bonds. The van der Waals surface area contributed by atoms with Crippen LogP contribution >= 0.6 is 11.8 Å². The van der Waals surface area contributed by atoms with Gasteiger partial charge in [-0.1, -0.05) is 23.9 Å². The maximum absolute atomic E-state index is 11.8. The highest BCUT2D eigenvalue weighted by molar-refractivity contribution is 8.15. The lowest BCUT2D eigenvalue weighted by Crippen LogP contribution is -2.30. The summed E-state index contributed by atoms with van der Waals surface area (Å²) in [5.41, 5.74) is 0.511. The summed E-state index contributed by atoms with van der Waals surface area (Å²) in [6, 6.07) is 6.99. The van der Waals surface area contributed by atoms with Crippen LogP contribution in [0.15, 0.2) is 24.3 Å². The molecule has 84 valence electrons. The van der Waals surface area contributed by atoms with Crippen molar-refractivity contribution < 1.29 is 14.3 Å². The highest BCUT2D eigenvalue weighted by Gasteiger charge is 2.38. The van der Waals surface area contributed by atoms with E-state index in [0.717, 1.165) is 11.8 Å². The molecular formula is C11H11NO3S. The quantitative estimate of drug-likeness (QED) is 0.791. The summed E-state index contributed by atoms with van der Waals surface area (Å²) in [5.74, 6) is 0.332. The number of rotatable bonds is 2. The first-order valence-electron chi connectivity index (χ1n) is 4.82. The van der Waals surface area contributed by atoms with Crippen LogP contribution in [-0.2, 0) is 4.79 Å². The molecule has 1 unspecified atom stereocenters. The van der Waals surface area contributed by atoms with Crippen LogP contribution in [0.1, 0.15) is 6.92 Å². The van der Waals surface area contributed by atoms with Crippen LogP contribution in [0.25, 0.3) is 0 Å². The van der Waals surface area contributed by atoms with Gasteiger partial charge in [-0.15, -0.1) is 0 Å². The summed E-state index contributed by atoms with van der Waals surface area (Å²) in [6.45, 7) is 1.72. The second kappa shape index (κ2) is 4.17. The van der Waals surface area contributed by atoms with E-state index in [4.69, 9.17) is 4.74 Å². The second-order valence-electron chi connectivity index (χ2n) is 3.37. The fourth-order valence-corrected chi connectivity index (χ4v) is 2.36. The molecule has 16 heavy (non-hydrogen) atoms. The highest BCUT2D eigenvalue weighted by atomic mass is 32.2. The molecule has 0 bridgehead atoms. The number of hydrogen-bond acceptors (Lipinski definition) is 4. The third kappa shape index (κ3) is 1.67. The van der Waals surface area contributed by atoms with Gasteiger partial charge in [-0.3, -0.25) is 9.59 Å². The van der Waals surface area contributed by atoms with E-state index in [-0.39, 0.29) is 16.4 Å². The van der Waals surface area contributed by atoms with Crippen molar-refractivity contribution in [2.75, 3.05) is 12.0 Å². The number of thioether (sulfide) groups is 1. The van der Waals surface area contributed by atoms with Crippen LogP contribution in [0.5, 0.6) is 5.75 Å². The number of amides is 2. The number of ether oxygens (including phenoxy) is 1. The Hall–Kier alpha value is -1.49. The molecule has 1 aliphatic heterocycles. The summed E-state index contributed by atoms with van der Waals surface area (Å²) in [7, 11) is 1.51. The Morgan fingerprint density at radius 3 is 2.56 bits per heavy atom. The van der Waals surface area contributed by atoms with E-state index in [1.54, 1.807) is 31.2 Å². The van der Waals surface area contributed by atoms with Gasteiger partial charge in [-0.25, -0.2) is 4.90 Å². The van der Waals surface area contributed by atoms with E-state index >= 15 is 0 Å². The molecule has 0 N–H and O–H groups in total. The topological polar surface area (TPSA) is 46.6 Å². The first kappa shape index (κ1) is 11.0. The fourth-order valence-electron chi connectivity index (χ4n) is 1.56. The molecule has 0 saturated carbocycles. The van der Waals surface area contributed by atoms with Gasteiger partial charge >= 0.3 is 0 Å². The van der Waals surface area contributed by atoms with Crippen molar-refractivity contribution in [3.8, 4) is 5.75 Å². The smallest absolute Gasteiger partial charge is 0.293 e. The molecule has 1 fully saturated rings. The van der Waals surface area contributed by atoms with Gasteiger partial charge in [0, 0.05) is 0 Å². The molecule has 0 radical (unpaired) electrons. The van der Waals surface area contributed by atoms with Gasteiger partial charge in [-0.2, -0.15) is 0 Å². The number of methoxy groups -OCH3 is 1. The largest absolute Gasteiger partial charge is 0.495 e. The Kier molecular flexibility index (Phi) is 2.87. The molecule has 2 rings (SSSR count). The van der Waals surface area contributed by atoms with Crippen molar-refractivity contribution in [2.24, 2.45) is 0 Å². The van der Waals surface area contributed by atoms with Crippen LogP contribution < -0.4 is 9.64 Å².